The molecular weight excluding hydrogens is 1330 g/mol. The summed E-state index contributed by atoms with van der Waals surface area (Å²) in [6.07, 6.45) is -2.52. The van der Waals surface area contributed by atoms with E-state index in [4.69, 9.17) is 5.73 Å². The number of phenolic OH excluding ortho intramolecular Hbond substituents is 1. The number of likely N-dealkylation sites (tertiary alicyclic amines) is 1. The van der Waals surface area contributed by atoms with Crippen molar-refractivity contribution in [2.75, 3.05) is 19.8 Å². The van der Waals surface area contributed by atoms with Gasteiger partial charge in [-0.25, -0.2) is 4.79 Å². The van der Waals surface area contributed by atoms with Crippen molar-refractivity contribution >= 4 is 93.7 Å². The molecule has 22 N–H and O–H groups in total. The van der Waals surface area contributed by atoms with Gasteiger partial charge in [-0.15, -0.1) is 0 Å². The van der Waals surface area contributed by atoms with Crippen molar-refractivity contribution in [2.45, 2.75) is 184 Å². The average molecular weight is 1430 g/mol. The van der Waals surface area contributed by atoms with Gasteiger partial charge in [-0.2, -0.15) is 0 Å². The molecule has 0 spiro atoms. The summed E-state index contributed by atoms with van der Waals surface area (Å²) in [5.74, 6) is -15.8. The first-order chi connectivity index (χ1) is 48.2. The molecule has 4 aromatic rings. The van der Waals surface area contributed by atoms with E-state index in [1.54, 1.807) is 88.5 Å². The number of amides is 12. The summed E-state index contributed by atoms with van der Waals surface area (Å²) in [4.78, 5) is 196. The highest BCUT2D eigenvalue weighted by Gasteiger charge is 2.41. The standard InChI is InChI=1S/C68H94N14O20/c1-34(2)25-45(60(93)74-46(26-35(3)4)61(94)81-52(33-84)67(100)82-24-12-17-53(82)68(101)102)75-64(97)50(30-54(69)87)79-63(96)49(29-40-31-71-43-16-11-10-15-42(40)43)78-62(95)48(28-39-18-20-41(86)21-19-39)76-58(91)44(22-23-55(88)89)73-57(90)36(5)72-59(92)47(27-38-13-8-7-9-14-38)77-65(98)51(32-83)80-66(99)56(70)37(6)85/h7-11,13-16,18-21,31,34-37,44-53,56,71,83-86H,12,17,22-30,32-33,70H2,1-6H3,(H2,69,87)(H,72,92)(H,73,90)(H,74,93)(H,75,97)(H,76,91)(H,77,98)(H,78,95)(H,79,96)(H,80,99)(H,81,94)(H,88,89)(H,101,102)/p+1/t36-,37+,44-,45-,46-,47-,48-,49-,50-,51-,52-,53-,56-/m0/s1. The Bertz CT molecular complexity index is 3610. The number of para-hydroxylation sites is 1. The highest BCUT2D eigenvalue weighted by molar-refractivity contribution is 6.01. The topological polar surface area (TPSA) is 553 Å². The van der Waals surface area contributed by atoms with Crippen LogP contribution in [0.4, 0.5) is 0 Å². The lowest BCUT2D eigenvalue weighted by Crippen LogP contribution is -2.73. The van der Waals surface area contributed by atoms with Gasteiger partial charge in [-0.05, 0) is 92.7 Å². The molecule has 0 bridgehead atoms. The third kappa shape index (κ3) is 25.2. The zero-order valence-electron chi connectivity index (χ0n) is 57.6. The molecule has 3 aromatic carbocycles. The zero-order valence-corrected chi connectivity index (χ0v) is 57.6. The van der Waals surface area contributed by atoms with Gasteiger partial charge in [0.1, 0.15) is 78.3 Å². The Labute approximate surface area is 587 Å². The number of hydrogen-bond acceptors (Lipinski definition) is 18. The van der Waals surface area contributed by atoms with Crippen LogP contribution in [0.25, 0.3) is 10.9 Å². The van der Waals surface area contributed by atoms with Crippen LogP contribution in [0.5, 0.6) is 5.75 Å². The van der Waals surface area contributed by atoms with E-state index in [1.165, 1.54) is 38.1 Å². The molecule has 0 aliphatic carbocycles. The number of hydrogen-bond donors (Lipinski definition) is 19. The van der Waals surface area contributed by atoms with Crippen LogP contribution in [0.2, 0.25) is 0 Å². The van der Waals surface area contributed by atoms with Gasteiger partial charge in [0.2, 0.25) is 65.0 Å². The lowest BCUT2D eigenvalue weighted by molar-refractivity contribution is -0.419. The maximum absolute atomic E-state index is 15.0. The predicted molar refractivity (Wildman–Crippen MR) is 363 cm³/mol. The molecule has 1 aliphatic heterocycles. The Hall–Kier alpha value is -10.6. The fraction of sp³-hybridized carbons (Fsp3) is 0.500. The minimum atomic E-state index is -1.88. The number of benzene rings is 3. The van der Waals surface area contributed by atoms with Crippen LogP contribution in [0.1, 0.15) is 103 Å². The molecule has 0 radical (unpaired) electrons. The largest absolute Gasteiger partial charge is 0.508 e. The number of aliphatic hydroxyl groups is 3. The first-order valence-electron chi connectivity index (χ1n) is 33.4. The molecule has 1 aromatic heterocycles. The lowest BCUT2D eigenvalue weighted by atomic mass is 9.99. The Balaban J connectivity index is 1.43. The summed E-state index contributed by atoms with van der Waals surface area (Å²) < 4.78 is 0. The van der Waals surface area contributed by atoms with Gasteiger partial charge < -0.3 is 105 Å². The van der Waals surface area contributed by atoms with Crippen molar-refractivity contribution in [3.05, 3.63) is 102 Å². The Morgan fingerprint density at radius 2 is 0.971 bits per heavy atom. The number of rotatable bonds is 40. The lowest BCUT2D eigenvalue weighted by Gasteiger charge is -2.29. The summed E-state index contributed by atoms with van der Waals surface area (Å²) in [6.45, 7) is 7.55. The van der Waals surface area contributed by atoms with E-state index in [2.05, 4.69) is 63.9 Å². The third-order valence-corrected chi connectivity index (χ3v) is 16.8. The third-order valence-electron chi connectivity index (χ3n) is 16.8. The van der Waals surface area contributed by atoms with Gasteiger partial charge in [0.15, 0.2) is 6.04 Å². The predicted octanol–water partition coefficient (Wildman–Crippen LogP) is -4.35. The molecule has 5 rings (SSSR count). The summed E-state index contributed by atoms with van der Waals surface area (Å²) >= 11 is 0. The van der Waals surface area contributed by atoms with E-state index in [0.717, 1.165) is 4.90 Å². The number of carboxylic acids is 2. The Morgan fingerprint density at radius 1 is 0.529 bits per heavy atom. The SMILES string of the molecule is CC(C)C[C@H](NC(=O)[C@H](CC(N)=O)NC(=O)[C@H](Cc1c[nH]c2ccccc12)NC(=O)[C@H](Cc1ccc(O)cc1)NC(=O)[C@H](CCC(=O)O)NC(=O)[C@H](C)NC(=O)[C@H](Cc1ccccc1)NC(=O)[C@H](CO)NC(=O)[C@@H]([NH3+])[C@@H](C)O)C(=O)N[C@@H](CC(C)C)C(=O)N[C@@H](CO)C(=O)N1CCC[C@H]1C(=O)O. The number of carbonyl (C=O) groups is 14. The minimum Gasteiger partial charge on any atom is -0.508 e. The van der Waals surface area contributed by atoms with E-state index in [-0.39, 0.29) is 56.2 Å². The van der Waals surface area contributed by atoms with Crippen molar-refractivity contribution in [2.24, 2.45) is 17.6 Å². The van der Waals surface area contributed by atoms with Gasteiger partial charge in [-0.3, -0.25) is 62.3 Å². The number of aromatic nitrogens is 1. The summed E-state index contributed by atoms with van der Waals surface area (Å²) in [6, 6.07) is 1.76. The number of H-pyrrole nitrogens is 1. The molecule has 34 nitrogen and oxygen atoms in total. The zero-order chi connectivity index (χ0) is 75.7. The van der Waals surface area contributed by atoms with Crippen molar-refractivity contribution < 1.29 is 103 Å². The fourth-order valence-corrected chi connectivity index (χ4v) is 11.2. The number of phenols is 1. The van der Waals surface area contributed by atoms with Crippen LogP contribution in [-0.4, -0.2) is 222 Å². The highest BCUT2D eigenvalue weighted by Crippen LogP contribution is 2.22. The number of quaternary nitrogens is 1. The van der Waals surface area contributed by atoms with Crippen LogP contribution < -0.4 is 64.6 Å². The number of aliphatic hydroxyl groups excluding tert-OH is 3. The van der Waals surface area contributed by atoms with Crippen LogP contribution in [-0.2, 0) is 86.4 Å². The van der Waals surface area contributed by atoms with Gasteiger partial charge in [0.05, 0.1) is 19.6 Å². The van der Waals surface area contributed by atoms with E-state index >= 15 is 4.79 Å². The molecule has 1 aliphatic rings. The number of carboxylic acid groups (broad SMARTS) is 2. The number of aromatic hydroxyl groups is 1. The van der Waals surface area contributed by atoms with Gasteiger partial charge in [-0.1, -0.05) is 88.4 Å². The van der Waals surface area contributed by atoms with Gasteiger partial charge in [0, 0.05) is 49.3 Å². The number of nitrogens with zero attached hydrogens (tertiary/aromatic N) is 1. The molecule has 556 valence electrons. The molecule has 1 saturated heterocycles. The second-order valence-corrected chi connectivity index (χ2v) is 26.0. The van der Waals surface area contributed by atoms with E-state index in [0.29, 0.717) is 34.0 Å². The number of fused-ring (bicyclic) bond motifs is 1. The number of aliphatic carboxylic acids is 2. The maximum atomic E-state index is 15.0. The molecule has 0 saturated carbocycles. The van der Waals surface area contributed by atoms with Gasteiger partial charge in [0.25, 0.3) is 5.91 Å². The first kappa shape index (κ1) is 82.1. The molecule has 102 heavy (non-hydrogen) atoms. The van der Waals surface area contributed by atoms with Crippen LogP contribution in [0, 0.1) is 11.8 Å². The smallest absolute Gasteiger partial charge is 0.326 e. The quantitative estimate of drug-likeness (QED) is 0.0200. The molecular formula is C68H95N14O20+. The highest BCUT2D eigenvalue weighted by atomic mass is 16.4. The average Bonchev–Trinajstić information content (AvgIpc) is 1.61. The molecule has 0 unspecified atom stereocenters. The Kier molecular flexibility index (Phi) is 31.7. The molecule has 13 atom stereocenters. The number of aromatic amines is 1. The van der Waals surface area contributed by atoms with Crippen LogP contribution in [0.15, 0.2) is 85.1 Å². The summed E-state index contributed by atoms with van der Waals surface area (Å²) in [5, 5.41) is 85.2. The van der Waals surface area contributed by atoms with E-state index in [1.807, 2.05) is 0 Å². The monoisotopic (exact) mass is 1430 g/mol. The molecule has 2 heterocycles. The number of nitrogens with one attached hydrogen (secondary N) is 11. The summed E-state index contributed by atoms with van der Waals surface area (Å²) in [7, 11) is 0. The second-order valence-electron chi connectivity index (χ2n) is 26.0. The van der Waals surface area contributed by atoms with Crippen LogP contribution in [0.3, 0.4) is 0 Å². The number of primary amides is 1. The molecule has 1 fully saturated rings. The second kappa shape index (κ2) is 39.4. The fourth-order valence-electron chi connectivity index (χ4n) is 11.2. The first-order valence-corrected chi connectivity index (χ1v) is 33.4. The Morgan fingerprint density at radius 3 is 1.49 bits per heavy atom. The van der Waals surface area contributed by atoms with Crippen molar-refractivity contribution in [3.63, 3.8) is 0 Å². The van der Waals surface area contributed by atoms with E-state index in [9.17, 15) is 93.0 Å². The number of nitrogens with two attached hydrogens (primary N) is 1. The van der Waals surface area contributed by atoms with Crippen molar-refractivity contribution in [3.8, 4) is 5.75 Å². The van der Waals surface area contributed by atoms with Crippen LogP contribution >= 0.6 is 0 Å². The molecule has 34 heteroatoms. The van der Waals surface area contributed by atoms with Crippen molar-refractivity contribution in [1.29, 1.82) is 0 Å². The van der Waals surface area contributed by atoms with Gasteiger partial charge >= 0.3 is 11.9 Å². The van der Waals surface area contributed by atoms with E-state index < -0.39 is 200 Å². The molecule has 12 amide bonds. The summed E-state index contributed by atoms with van der Waals surface area (Å²) in [5.41, 5.74) is 11.1. The number of carbonyl (C=O) groups excluding carboxylic acids is 12. The van der Waals surface area contributed by atoms with Crippen molar-refractivity contribution in [1.82, 2.24) is 63.1 Å². The normalized spacial score (nSPS) is 16.3. The minimum absolute atomic E-state index is 0.0345. The maximum Gasteiger partial charge on any atom is 0.326 e.